The summed E-state index contributed by atoms with van der Waals surface area (Å²) in [6.45, 7) is 0. The van der Waals surface area contributed by atoms with Crippen molar-refractivity contribution in [2.75, 3.05) is 11.3 Å². The molecule has 0 aliphatic carbocycles. The molecule has 0 spiro atoms. The summed E-state index contributed by atoms with van der Waals surface area (Å²) >= 11 is 1.93. The van der Waals surface area contributed by atoms with Crippen molar-refractivity contribution < 1.29 is 31.5 Å². The second-order valence-corrected chi connectivity index (χ2v) is 9.68. The number of hydrogen-bond acceptors (Lipinski definition) is 6. The molecule has 0 aromatic heterocycles. The molecule has 1 amide bonds. The van der Waals surface area contributed by atoms with Gasteiger partial charge in [0.05, 0.1) is 11.4 Å². The molecule has 11 heteroatoms. The molecule has 1 aliphatic rings. The van der Waals surface area contributed by atoms with Crippen LogP contribution in [0.1, 0.15) is 10.4 Å². The lowest BCUT2D eigenvalue weighted by molar-refractivity contribution is 0.0999. The Morgan fingerprint density at radius 3 is 2.58 bits per heavy atom. The molecule has 4 rings (SSSR count). The number of benzene rings is 3. The standard InChI is InChI=1S/C20H13F2IN2O5S/c21-10-5-15(25-14-3-1-11(23)7-13(14)22)19(20(24)26)17(6-10)30-12-2-4-16-18(8-12)31(27,28)9-29-16/h1-8,25H,9H2,(H2,24,26). The van der Waals surface area contributed by atoms with Crippen molar-refractivity contribution in [3.63, 3.8) is 0 Å². The molecular weight excluding hydrogens is 545 g/mol. The van der Waals surface area contributed by atoms with Crippen LogP contribution in [0.15, 0.2) is 53.4 Å². The zero-order valence-corrected chi connectivity index (χ0v) is 18.5. The molecule has 3 N–H and O–H groups in total. The highest BCUT2D eigenvalue weighted by Gasteiger charge is 2.29. The van der Waals surface area contributed by atoms with Gasteiger partial charge in [-0.05, 0) is 59.0 Å². The molecule has 3 aromatic rings. The summed E-state index contributed by atoms with van der Waals surface area (Å²) in [5.74, 6) is -2.93. The number of rotatable bonds is 5. The van der Waals surface area contributed by atoms with Crippen LogP contribution < -0.4 is 20.5 Å². The summed E-state index contributed by atoms with van der Waals surface area (Å²) in [4.78, 5) is 12.1. The molecule has 0 unspecified atom stereocenters. The Bertz CT molecular complexity index is 1330. The molecule has 3 aromatic carbocycles. The number of halogens is 3. The lowest BCUT2D eigenvalue weighted by Gasteiger charge is -2.16. The maximum absolute atomic E-state index is 14.3. The van der Waals surface area contributed by atoms with Crippen molar-refractivity contribution >= 4 is 49.7 Å². The third-order valence-electron chi connectivity index (χ3n) is 4.36. The van der Waals surface area contributed by atoms with Gasteiger partial charge >= 0.3 is 0 Å². The number of amides is 1. The summed E-state index contributed by atoms with van der Waals surface area (Å²) < 4.78 is 64.0. The number of primary amides is 1. The monoisotopic (exact) mass is 558 g/mol. The van der Waals surface area contributed by atoms with Crippen LogP contribution in [0.5, 0.6) is 17.2 Å². The van der Waals surface area contributed by atoms with Crippen molar-refractivity contribution in [1.29, 1.82) is 0 Å². The van der Waals surface area contributed by atoms with E-state index >= 15 is 0 Å². The number of hydrogen-bond donors (Lipinski definition) is 2. The largest absolute Gasteiger partial charge is 0.476 e. The number of nitrogens with two attached hydrogens (primary N) is 1. The number of ether oxygens (including phenoxy) is 2. The molecule has 0 saturated carbocycles. The van der Waals surface area contributed by atoms with Crippen LogP contribution >= 0.6 is 22.6 Å². The van der Waals surface area contributed by atoms with E-state index in [0.29, 0.717) is 3.57 Å². The van der Waals surface area contributed by atoms with Crippen molar-refractivity contribution in [3.8, 4) is 17.2 Å². The second kappa shape index (κ2) is 7.96. The van der Waals surface area contributed by atoms with Gasteiger partial charge < -0.3 is 20.5 Å². The van der Waals surface area contributed by atoms with Gasteiger partial charge in [-0.3, -0.25) is 4.79 Å². The highest BCUT2D eigenvalue weighted by atomic mass is 127. The first kappa shape index (κ1) is 21.3. The van der Waals surface area contributed by atoms with Gasteiger partial charge in [0, 0.05) is 15.7 Å². The number of carbonyl (C=O) groups is 1. The van der Waals surface area contributed by atoms with Crippen LogP contribution in [-0.4, -0.2) is 20.3 Å². The van der Waals surface area contributed by atoms with Crippen molar-refractivity contribution in [3.05, 3.63) is 69.3 Å². The van der Waals surface area contributed by atoms with E-state index in [-0.39, 0.29) is 39.1 Å². The van der Waals surface area contributed by atoms with Crippen LogP contribution in [0.25, 0.3) is 0 Å². The third-order valence-corrected chi connectivity index (χ3v) is 6.45. The van der Waals surface area contributed by atoms with Crippen molar-refractivity contribution in [2.45, 2.75) is 4.90 Å². The molecule has 0 bridgehead atoms. The minimum absolute atomic E-state index is 0.000221. The Kier molecular flexibility index (Phi) is 5.47. The van der Waals surface area contributed by atoms with Gasteiger partial charge in [0.2, 0.25) is 9.84 Å². The first-order valence-electron chi connectivity index (χ1n) is 8.67. The van der Waals surface area contributed by atoms with Gasteiger partial charge in [-0.1, -0.05) is 0 Å². The van der Waals surface area contributed by atoms with Crippen molar-refractivity contribution in [2.24, 2.45) is 5.73 Å². The fourth-order valence-corrected chi connectivity index (χ4v) is 4.59. The number of fused-ring (bicyclic) bond motifs is 1. The summed E-state index contributed by atoms with van der Waals surface area (Å²) in [6, 6.07) is 10.2. The predicted molar refractivity (Wildman–Crippen MR) is 117 cm³/mol. The smallest absolute Gasteiger partial charge is 0.254 e. The Labute approximate surface area is 189 Å². The topological polar surface area (TPSA) is 108 Å². The van der Waals surface area contributed by atoms with E-state index in [1.54, 1.807) is 6.07 Å². The normalized spacial score (nSPS) is 13.9. The highest BCUT2D eigenvalue weighted by molar-refractivity contribution is 14.1. The lowest BCUT2D eigenvalue weighted by atomic mass is 10.1. The van der Waals surface area contributed by atoms with Gasteiger partial charge in [-0.25, -0.2) is 17.2 Å². The van der Waals surface area contributed by atoms with Crippen LogP contribution in [0, 0.1) is 15.2 Å². The molecule has 0 saturated heterocycles. The molecule has 160 valence electrons. The van der Waals surface area contributed by atoms with E-state index in [9.17, 15) is 22.0 Å². The zero-order valence-electron chi connectivity index (χ0n) is 15.5. The molecule has 1 heterocycles. The molecule has 1 aliphatic heterocycles. The fraction of sp³-hybridized carbons (Fsp3) is 0.0500. The number of nitrogens with one attached hydrogen (secondary N) is 1. The quantitative estimate of drug-likeness (QED) is 0.452. The average molecular weight is 558 g/mol. The number of carbonyl (C=O) groups excluding carboxylic acids is 1. The van der Waals surface area contributed by atoms with Crippen LogP contribution in [0.3, 0.4) is 0 Å². The van der Waals surface area contributed by atoms with E-state index in [1.807, 2.05) is 22.6 Å². The summed E-state index contributed by atoms with van der Waals surface area (Å²) in [5.41, 5.74) is 5.13. The number of sulfone groups is 1. The van der Waals surface area contributed by atoms with Gasteiger partial charge in [-0.15, -0.1) is 0 Å². The minimum Gasteiger partial charge on any atom is -0.476 e. The van der Waals surface area contributed by atoms with Crippen LogP contribution in [-0.2, 0) is 9.84 Å². The minimum atomic E-state index is -3.63. The Morgan fingerprint density at radius 2 is 1.87 bits per heavy atom. The first-order chi connectivity index (χ1) is 14.6. The Balaban J connectivity index is 1.76. The molecule has 31 heavy (non-hydrogen) atoms. The SMILES string of the molecule is NC(=O)c1c(Nc2ccc(I)cc2F)cc(F)cc1Oc1ccc2c(c1)S(=O)(=O)CO2. The molecule has 7 nitrogen and oxygen atoms in total. The Morgan fingerprint density at radius 1 is 1.10 bits per heavy atom. The van der Waals surface area contributed by atoms with Gasteiger partial charge in [0.1, 0.15) is 39.3 Å². The fourth-order valence-electron chi connectivity index (χ4n) is 3.00. The van der Waals surface area contributed by atoms with Crippen LogP contribution in [0.4, 0.5) is 20.2 Å². The Hall–Kier alpha value is -2.93. The summed E-state index contributed by atoms with van der Waals surface area (Å²) in [7, 11) is -3.63. The summed E-state index contributed by atoms with van der Waals surface area (Å²) in [6.07, 6.45) is 0. The van der Waals surface area contributed by atoms with Gasteiger partial charge in [-0.2, -0.15) is 0 Å². The van der Waals surface area contributed by atoms with Crippen molar-refractivity contribution in [1.82, 2.24) is 0 Å². The molecule has 0 radical (unpaired) electrons. The molecule has 0 atom stereocenters. The summed E-state index contributed by atoms with van der Waals surface area (Å²) in [5, 5.41) is 2.66. The average Bonchev–Trinajstić information content (AvgIpc) is 2.98. The van der Waals surface area contributed by atoms with E-state index in [0.717, 1.165) is 12.1 Å². The second-order valence-electron chi connectivity index (χ2n) is 6.53. The number of anilines is 2. The maximum atomic E-state index is 14.3. The van der Waals surface area contributed by atoms with E-state index in [2.05, 4.69) is 5.32 Å². The zero-order chi connectivity index (χ0) is 22.3. The molecule has 0 fully saturated rings. The maximum Gasteiger partial charge on any atom is 0.254 e. The highest BCUT2D eigenvalue weighted by Crippen LogP contribution is 2.38. The predicted octanol–water partition coefficient (Wildman–Crippen LogP) is 4.33. The van der Waals surface area contributed by atoms with E-state index in [4.69, 9.17) is 15.2 Å². The lowest BCUT2D eigenvalue weighted by Crippen LogP contribution is -2.15. The van der Waals surface area contributed by atoms with E-state index < -0.39 is 33.3 Å². The van der Waals surface area contributed by atoms with Gasteiger partial charge in [0.15, 0.2) is 5.94 Å². The first-order valence-corrected chi connectivity index (χ1v) is 11.4. The molecular formula is C20H13F2IN2O5S. The van der Waals surface area contributed by atoms with Crippen LogP contribution in [0.2, 0.25) is 0 Å². The van der Waals surface area contributed by atoms with Gasteiger partial charge in [0.25, 0.3) is 5.91 Å². The third kappa shape index (κ3) is 4.28. The van der Waals surface area contributed by atoms with E-state index in [1.165, 1.54) is 30.3 Å².